The topological polar surface area (TPSA) is 57.1 Å². The number of nitrogens with zero attached hydrogens (tertiary/aromatic N) is 3. The standard InChI is InChI=1S/C10H11N3O2/c1-14-6-7-15-10-11-8-4-2-3-5-9(8)12-13-10/h2-5H,6-7H2,1H3. The Kier molecular flexibility index (Phi) is 3.04. The minimum absolute atomic E-state index is 0.283. The summed E-state index contributed by atoms with van der Waals surface area (Å²) in [5.74, 6) is 0. The third-order valence-corrected chi connectivity index (χ3v) is 1.86. The molecule has 1 aromatic carbocycles. The lowest BCUT2D eigenvalue weighted by Crippen LogP contribution is -2.07. The predicted molar refractivity (Wildman–Crippen MR) is 54.7 cm³/mol. The van der Waals surface area contributed by atoms with Gasteiger partial charge in [0.25, 0.3) is 0 Å². The Hall–Kier alpha value is -1.75. The van der Waals surface area contributed by atoms with Gasteiger partial charge in [-0.25, -0.2) is 0 Å². The van der Waals surface area contributed by atoms with Crippen LogP contribution in [0.3, 0.4) is 0 Å². The molecule has 0 unspecified atom stereocenters. The minimum Gasteiger partial charge on any atom is -0.460 e. The maximum Gasteiger partial charge on any atom is 0.336 e. The smallest absolute Gasteiger partial charge is 0.336 e. The van der Waals surface area contributed by atoms with E-state index in [0.29, 0.717) is 13.2 Å². The van der Waals surface area contributed by atoms with Crippen LogP contribution in [-0.2, 0) is 4.74 Å². The molecule has 15 heavy (non-hydrogen) atoms. The molecule has 0 fully saturated rings. The summed E-state index contributed by atoms with van der Waals surface area (Å²) in [6.07, 6.45) is 0. The normalized spacial score (nSPS) is 10.5. The number of benzene rings is 1. The van der Waals surface area contributed by atoms with Gasteiger partial charge in [0.2, 0.25) is 0 Å². The third-order valence-electron chi connectivity index (χ3n) is 1.86. The molecule has 2 aromatic rings. The molecule has 5 heteroatoms. The summed E-state index contributed by atoms with van der Waals surface area (Å²) in [5.41, 5.74) is 1.54. The first-order valence-corrected chi connectivity index (χ1v) is 4.61. The SMILES string of the molecule is COCCOc1nnc2ccccc2n1. The molecule has 2 rings (SSSR count). The van der Waals surface area contributed by atoms with E-state index in [1.54, 1.807) is 7.11 Å². The Morgan fingerprint density at radius 2 is 1.87 bits per heavy atom. The molecule has 0 aliphatic heterocycles. The zero-order valence-corrected chi connectivity index (χ0v) is 8.38. The second kappa shape index (κ2) is 4.65. The van der Waals surface area contributed by atoms with Crippen molar-refractivity contribution < 1.29 is 9.47 Å². The van der Waals surface area contributed by atoms with E-state index in [1.807, 2.05) is 24.3 Å². The average Bonchev–Trinajstić information content (AvgIpc) is 2.29. The van der Waals surface area contributed by atoms with Crippen molar-refractivity contribution in [1.29, 1.82) is 0 Å². The lowest BCUT2D eigenvalue weighted by atomic mass is 10.3. The van der Waals surface area contributed by atoms with Crippen molar-refractivity contribution in [2.45, 2.75) is 0 Å². The Morgan fingerprint density at radius 3 is 2.67 bits per heavy atom. The molecule has 1 heterocycles. The summed E-state index contributed by atoms with van der Waals surface area (Å²) in [6.45, 7) is 0.937. The maximum atomic E-state index is 5.24. The van der Waals surface area contributed by atoms with Gasteiger partial charge in [-0.1, -0.05) is 17.2 Å². The summed E-state index contributed by atoms with van der Waals surface area (Å²) in [5, 5.41) is 7.82. The van der Waals surface area contributed by atoms with Gasteiger partial charge in [-0.05, 0) is 12.1 Å². The van der Waals surface area contributed by atoms with Crippen LogP contribution in [0.15, 0.2) is 24.3 Å². The molecule has 0 saturated carbocycles. The zero-order valence-electron chi connectivity index (χ0n) is 8.38. The Balaban J connectivity index is 2.16. The summed E-state index contributed by atoms with van der Waals surface area (Å²) >= 11 is 0. The lowest BCUT2D eigenvalue weighted by molar-refractivity contribution is 0.140. The van der Waals surface area contributed by atoms with Gasteiger partial charge in [-0.2, -0.15) is 4.98 Å². The molecule has 78 valence electrons. The predicted octanol–water partition coefficient (Wildman–Crippen LogP) is 1.05. The molecule has 1 aromatic heterocycles. The van der Waals surface area contributed by atoms with Crippen LogP contribution in [0.2, 0.25) is 0 Å². The van der Waals surface area contributed by atoms with Crippen LogP contribution in [-0.4, -0.2) is 35.5 Å². The minimum atomic E-state index is 0.283. The zero-order chi connectivity index (χ0) is 10.5. The number of hydrogen-bond acceptors (Lipinski definition) is 5. The first-order chi connectivity index (χ1) is 7.40. The Bertz CT molecular complexity index is 447. The van der Waals surface area contributed by atoms with Gasteiger partial charge in [0.15, 0.2) is 0 Å². The fourth-order valence-corrected chi connectivity index (χ4v) is 1.14. The second-order valence-corrected chi connectivity index (χ2v) is 2.92. The summed E-state index contributed by atoms with van der Waals surface area (Å²) in [6, 6.07) is 7.80. The van der Waals surface area contributed by atoms with E-state index in [2.05, 4.69) is 15.2 Å². The molecule has 0 bridgehead atoms. The highest BCUT2D eigenvalue weighted by Crippen LogP contribution is 2.09. The summed E-state index contributed by atoms with van der Waals surface area (Å²) in [4.78, 5) is 4.20. The number of fused-ring (bicyclic) bond motifs is 1. The highest BCUT2D eigenvalue weighted by Gasteiger charge is 2.00. The molecule has 0 N–H and O–H groups in total. The van der Waals surface area contributed by atoms with Crippen molar-refractivity contribution in [3.63, 3.8) is 0 Å². The van der Waals surface area contributed by atoms with Crippen molar-refractivity contribution in [3.05, 3.63) is 24.3 Å². The fourth-order valence-electron chi connectivity index (χ4n) is 1.14. The van der Waals surface area contributed by atoms with E-state index in [1.165, 1.54) is 0 Å². The summed E-state index contributed by atoms with van der Waals surface area (Å²) in [7, 11) is 1.61. The summed E-state index contributed by atoms with van der Waals surface area (Å²) < 4.78 is 10.1. The van der Waals surface area contributed by atoms with Crippen LogP contribution in [0.5, 0.6) is 6.01 Å². The van der Waals surface area contributed by atoms with E-state index in [9.17, 15) is 0 Å². The molecule has 0 saturated heterocycles. The number of aromatic nitrogens is 3. The van der Waals surface area contributed by atoms with E-state index >= 15 is 0 Å². The second-order valence-electron chi connectivity index (χ2n) is 2.92. The molecule has 0 aliphatic rings. The van der Waals surface area contributed by atoms with Gasteiger partial charge in [0.1, 0.15) is 12.1 Å². The molecule has 0 spiro atoms. The number of rotatable bonds is 4. The van der Waals surface area contributed by atoms with Crippen molar-refractivity contribution in [1.82, 2.24) is 15.2 Å². The van der Waals surface area contributed by atoms with Crippen LogP contribution in [0.4, 0.5) is 0 Å². The number of ether oxygens (including phenoxy) is 2. The molecule has 0 amide bonds. The quantitative estimate of drug-likeness (QED) is 0.698. The maximum absolute atomic E-state index is 5.24. The van der Waals surface area contributed by atoms with Gasteiger partial charge in [-0.3, -0.25) is 0 Å². The lowest BCUT2D eigenvalue weighted by Gasteiger charge is -2.02. The van der Waals surface area contributed by atoms with Crippen LogP contribution in [0, 0.1) is 0 Å². The fraction of sp³-hybridized carbons (Fsp3) is 0.300. The molecule has 0 radical (unpaired) electrons. The monoisotopic (exact) mass is 205 g/mol. The molecular weight excluding hydrogens is 194 g/mol. The van der Waals surface area contributed by atoms with Crippen LogP contribution >= 0.6 is 0 Å². The van der Waals surface area contributed by atoms with Gasteiger partial charge in [-0.15, -0.1) is 5.10 Å². The molecule has 0 atom stereocenters. The highest BCUT2D eigenvalue weighted by molar-refractivity contribution is 5.73. The highest BCUT2D eigenvalue weighted by atomic mass is 16.5. The van der Waals surface area contributed by atoms with Gasteiger partial charge < -0.3 is 9.47 Å². The van der Waals surface area contributed by atoms with E-state index in [0.717, 1.165) is 11.0 Å². The Morgan fingerprint density at radius 1 is 1.07 bits per heavy atom. The van der Waals surface area contributed by atoms with Crippen LogP contribution in [0.25, 0.3) is 11.0 Å². The van der Waals surface area contributed by atoms with E-state index in [-0.39, 0.29) is 6.01 Å². The van der Waals surface area contributed by atoms with Crippen molar-refractivity contribution in [3.8, 4) is 6.01 Å². The third kappa shape index (κ3) is 2.38. The Labute approximate surface area is 87.1 Å². The van der Waals surface area contributed by atoms with Gasteiger partial charge in [0, 0.05) is 7.11 Å². The van der Waals surface area contributed by atoms with Gasteiger partial charge in [0.05, 0.1) is 12.1 Å². The largest absolute Gasteiger partial charge is 0.460 e. The molecular formula is C10H11N3O2. The first kappa shape index (κ1) is 9.79. The first-order valence-electron chi connectivity index (χ1n) is 4.61. The average molecular weight is 205 g/mol. The molecule has 0 aliphatic carbocycles. The number of hydrogen-bond donors (Lipinski definition) is 0. The van der Waals surface area contributed by atoms with E-state index < -0.39 is 0 Å². The molecule has 5 nitrogen and oxygen atoms in total. The van der Waals surface area contributed by atoms with Crippen molar-refractivity contribution >= 4 is 11.0 Å². The number of methoxy groups -OCH3 is 1. The van der Waals surface area contributed by atoms with Gasteiger partial charge >= 0.3 is 6.01 Å². The van der Waals surface area contributed by atoms with Crippen molar-refractivity contribution in [2.75, 3.05) is 20.3 Å². The van der Waals surface area contributed by atoms with Crippen molar-refractivity contribution in [2.24, 2.45) is 0 Å². The van der Waals surface area contributed by atoms with E-state index in [4.69, 9.17) is 9.47 Å². The number of para-hydroxylation sites is 1. The van der Waals surface area contributed by atoms with Crippen LogP contribution in [0.1, 0.15) is 0 Å². The van der Waals surface area contributed by atoms with Crippen LogP contribution < -0.4 is 4.74 Å².